The zero-order valence-corrected chi connectivity index (χ0v) is 14.1. The number of nitrogens with zero attached hydrogens (tertiary/aromatic N) is 3. The molecule has 1 amide bonds. The fourth-order valence-electron chi connectivity index (χ4n) is 2.84. The van der Waals surface area contributed by atoms with Gasteiger partial charge in [0.25, 0.3) is 5.69 Å². The molecule has 0 spiro atoms. The Bertz CT molecular complexity index is 692. The molecule has 1 aliphatic heterocycles. The van der Waals surface area contributed by atoms with E-state index in [4.69, 9.17) is 0 Å². The van der Waals surface area contributed by atoms with Crippen molar-refractivity contribution in [3.05, 3.63) is 56.8 Å². The van der Waals surface area contributed by atoms with E-state index < -0.39 is 4.92 Å². The van der Waals surface area contributed by atoms with E-state index in [0.29, 0.717) is 19.5 Å². The highest BCUT2D eigenvalue weighted by atomic mass is 32.1. The maximum absolute atomic E-state index is 12.3. The minimum Gasteiger partial charge on any atom is -0.368 e. The minimum atomic E-state index is -0.395. The van der Waals surface area contributed by atoms with Gasteiger partial charge < -0.3 is 9.80 Å². The predicted octanol–water partition coefficient (Wildman–Crippen LogP) is 2.94. The molecule has 2 heterocycles. The van der Waals surface area contributed by atoms with E-state index in [-0.39, 0.29) is 11.6 Å². The summed E-state index contributed by atoms with van der Waals surface area (Å²) in [6.45, 7) is 2.89. The quantitative estimate of drug-likeness (QED) is 0.617. The summed E-state index contributed by atoms with van der Waals surface area (Å²) < 4.78 is 0. The fraction of sp³-hybridized carbons (Fsp3) is 0.353. The van der Waals surface area contributed by atoms with Crippen molar-refractivity contribution in [3.8, 4) is 0 Å². The summed E-state index contributed by atoms with van der Waals surface area (Å²) in [5, 5.41) is 14.8. The lowest BCUT2D eigenvalue weighted by atomic mass is 10.1. The highest BCUT2D eigenvalue weighted by Crippen LogP contribution is 2.21. The zero-order valence-electron chi connectivity index (χ0n) is 13.3. The Hall–Kier alpha value is -2.41. The number of piperazine rings is 1. The fourth-order valence-corrected chi connectivity index (χ4v) is 3.55. The van der Waals surface area contributed by atoms with Crippen LogP contribution in [-0.4, -0.2) is 41.9 Å². The van der Waals surface area contributed by atoms with Crippen LogP contribution in [0.2, 0.25) is 0 Å². The van der Waals surface area contributed by atoms with Crippen LogP contribution in [0.5, 0.6) is 0 Å². The number of benzene rings is 1. The van der Waals surface area contributed by atoms with E-state index >= 15 is 0 Å². The lowest BCUT2D eigenvalue weighted by Crippen LogP contribution is -2.48. The molecule has 1 aliphatic rings. The molecule has 3 rings (SSSR count). The third-order valence-electron chi connectivity index (χ3n) is 4.27. The lowest BCUT2D eigenvalue weighted by molar-refractivity contribution is -0.384. The molecule has 7 heteroatoms. The number of carbonyl (C=O) groups is 1. The van der Waals surface area contributed by atoms with Crippen molar-refractivity contribution < 1.29 is 9.72 Å². The summed E-state index contributed by atoms with van der Waals surface area (Å²) in [6.07, 6.45) is 1.35. The number of anilines is 1. The Morgan fingerprint density at radius 3 is 2.42 bits per heavy atom. The molecule has 1 fully saturated rings. The molecule has 24 heavy (non-hydrogen) atoms. The molecule has 1 aromatic carbocycles. The Morgan fingerprint density at radius 2 is 1.83 bits per heavy atom. The van der Waals surface area contributed by atoms with E-state index in [0.717, 1.165) is 25.2 Å². The van der Waals surface area contributed by atoms with Crippen LogP contribution < -0.4 is 4.90 Å². The topological polar surface area (TPSA) is 66.7 Å². The standard InChI is InChI=1S/C17H19N3O3S/c21-17(6-1-14-7-12-24-13-14)19-10-8-18(9-11-19)15-2-4-16(5-3-15)20(22)23/h2-5,7,12-13H,1,6,8-11H2. The summed E-state index contributed by atoms with van der Waals surface area (Å²) in [5.74, 6) is 0.199. The molecule has 2 aromatic rings. The van der Waals surface area contributed by atoms with Crippen LogP contribution in [0, 0.1) is 10.1 Å². The van der Waals surface area contributed by atoms with Crippen molar-refractivity contribution in [2.24, 2.45) is 0 Å². The smallest absolute Gasteiger partial charge is 0.269 e. The number of hydrogen-bond donors (Lipinski definition) is 0. The van der Waals surface area contributed by atoms with Crippen molar-refractivity contribution in [2.45, 2.75) is 12.8 Å². The molecule has 6 nitrogen and oxygen atoms in total. The molecule has 0 bridgehead atoms. The molecule has 1 saturated heterocycles. The number of aryl methyl sites for hydroxylation is 1. The first-order chi connectivity index (χ1) is 11.6. The number of rotatable bonds is 5. The normalized spacial score (nSPS) is 14.7. The number of nitro benzene ring substituents is 1. The summed E-state index contributed by atoms with van der Waals surface area (Å²) in [6, 6.07) is 8.64. The number of carbonyl (C=O) groups excluding carboxylic acids is 1. The summed E-state index contributed by atoms with van der Waals surface area (Å²) in [7, 11) is 0. The second-order valence-electron chi connectivity index (χ2n) is 5.77. The Morgan fingerprint density at radius 1 is 1.12 bits per heavy atom. The van der Waals surface area contributed by atoms with Crippen LogP contribution in [0.1, 0.15) is 12.0 Å². The summed E-state index contributed by atoms with van der Waals surface area (Å²) in [4.78, 5) is 26.7. The Kier molecular flexibility index (Phi) is 5.10. The van der Waals surface area contributed by atoms with Gasteiger partial charge in [0.2, 0.25) is 5.91 Å². The molecule has 0 unspecified atom stereocenters. The summed E-state index contributed by atoms with van der Waals surface area (Å²) >= 11 is 1.65. The van der Waals surface area contributed by atoms with E-state index in [9.17, 15) is 14.9 Å². The van der Waals surface area contributed by atoms with Gasteiger partial charge in [-0.05, 0) is 40.9 Å². The molecule has 1 aromatic heterocycles. The van der Waals surface area contributed by atoms with Gasteiger partial charge in [-0.3, -0.25) is 14.9 Å². The minimum absolute atomic E-state index is 0.0981. The van der Waals surface area contributed by atoms with Gasteiger partial charge in [-0.25, -0.2) is 0 Å². The van der Waals surface area contributed by atoms with Gasteiger partial charge in [0.1, 0.15) is 0 Å². The first kappa shape index (κ1) is 16.4. The van der Waals surface area contributed by atoms with Gasteiger partial charge in [-0.1, -0.05) is 0 Å². The van der Waals surface area contributed by atoms with E-state index in [2.05, 4.69) is 16.3 Å². The molecule has 0 aliphatic carbocycles. The van der Waals surface area contributed by atoms with Crippen molar-refractivity contribution in [2.75, 3.05) is 31.1 Å². The maximum atomic E-state index is 12.3. The number of hydrogen-bond acceptors (Lipinski definition) is 5. The highest BCUT2D eigenvalue weighted by Gasteiger charge is 2.21. The molecule has 0 saturated carbocycles. The van der Waals surface area contributed by atoms with E-state index in [1.165, 1.54) is 17.7 Å². The number of nitro groups is 1. The number of thiophene rings is 1. The van der Waals surface area contributed by atoms with Gasteiger partial charge in [0.15, 0.2) is 0 Å². The second-order valence-corrected chi connectivity index (χ2v) is 6.55. The first-order valence-electron chi connectivity index (χ1n) is 7.92. The third kappa shape index (κ3) is 3.91. The largest absolute Gasteiger partial charge is 0.368 e. The van der Waals surface area contributed by atoms with E-state index in [1.54, 1.807) is 23.5 Å². The highest BCUT2D eigenvalue weighted by molar-refractivity contribution is 7.07. The van der Waals surface area contributed by atoms with Gasteiger partial charge in [-0.15, -0.1) is 0 Å². The second kappa shape index (κ2) is 7.44. The van der Waals surface area contributed by atoms with Crippen LogP contribution in [0.15, 0.2) is 41.1 Å². The monoisotopic (exact) mass is 345 g/mol. The van der Waals surface area contributed by atoms with Gasteiger partial charge in [-0.2, -0.15) is 11.3 Å². The zero-order chi connectivity index (χ0) is 16.9. The predicted molar refractivity (Wildman–Crippen MR) is 94.5 cm³/mol. The van der Waals surface area contributed by atoms with Crippen LogP contribution in [0.4, 0.5) is 11.4 Å². The van der Waals surface area contributed by atoms with Gasteiger partial charge >= 0.3 is 0 Å². The van der Waals surface area contributed by atoms with Crippen LogP contribution in [0.3, 0.4) is 0 Å². The average Bonchev–Trinajstić information content (AvgIpc) is 3.13. The molecular weight excluding hydrogens is 326 g/mol. The van der Waals surface area contributed by atoms with Gasteiger partial charge in [0.05, 0.1) is 4.92 Å². The number of non-ortho nitro benzene ring substituents is 1. The molecule has 126 valence electrons. The first-order valence-corrected chi connectivity index (χ1v) is 8.86. The molecule has 0 atom stereocenters. The Balaban J connectivity index is 1.49. The Labute approximate surface area is 144 Å². The SMILES string of the molecule is O=C(CCc1ccsc1)N1CCN(c2ccc([N+](=O)[O-])cc2)CC1. The molecular formula is C17H19N3O3S. The van der Waals surface area contributed by atoms with Crippen molar-refractivity contribution in [3.63, 3.8) is 0 Å². The van der Waals surface area contributed by atoms with Gasteiger partial charge in [0, 0.05) is 50.4 Å². The molecule has 0 N–H and O–H groups in total. The van der Waals surface area contributed by atoms with Crippen LogP contribution in [-0.2, 0) is 11.2 Å². The van der Waals surface area contributed by atoms with Crippen LogP contribution >= 0.6 is 11.3 Å². The van der Waals surface area contributed by atoms with Crippen LogP contribution in [0.25, 0.3) is 0 Å². The van der Waals surface area contributed by atoms with E-state index in [1.807, 2.05) is 10.3 Å². The lowest BCUT2D eigenvalue weighted by Gasteiger charge is -2.36. The molecule has 0 radical (unpaired) electrons. The van der Waals surface area contributed by atoms with Crippen molar-refractivity contribution in [1.29, 1.82) is 0 Å². The average molecular weight is 345 g/mol. The van der Waals surface area contributed by atoms with Crippen molar-refractivity contribution in [1.82, 2.24) is 4.90 Å². The maximum Gasteiger partial charge on any atom is 0.269 e. The number of amides is 1. The summed E-state index contributed by atoms with van der Waals surface area (Å²) in [5.41, 5.74) is 2.28. The third-order valence-corrected chi connectivity index (χ3v) is 5.00. The van der Waals surface area contributed by atoms with Crippen molar-refractivity contribution >= 4 is 28.6 Å².